The number of fused-ring (bicyclic) bond motifs is 3. The number of hydrogen-bond donors (Lipinski definition) is 0. The highest BCUT2D eigenvalue weighted by atomic mass is 32.1. The van der Waals surface area contributed by atoms with Crippen LogP contribution in [0.4, 0.5) is 0 Å². The Morgan fingerprint density at radius 1 is 0.676 bits per heavy atom. The van der Waals surface area contributed by atoms with Crippen molar-refractivity contribution >= 4 is 44.1 Å². The lowest BCUT2D eigenvalue weighted by molar-refractivity contribution is 0.0262. The molecule has 0 N–H and O–H groups in total. The SMILES string of the molecule is [CH2+]C1(C)OB(c2cccc3c2sc2c(-c4ccccc4)cc(-c4ccccc4)cc23)OC1(C)C. The first-order valence-corrected chi connectivity index (χ1v) is 12.5. The molecule has 0 spiro atoms. The van der Waals surface area contributed by atoms with Crippen molar-refractivity contribution in [2.75, 3.05) is 0 Å². The van der Waals surface area contributed by atoms with Crippen molar-refractivity contribution < 1.29 is 9.31 Å². The molecule has 0 saturated carbocycles. The molecule has 6 rings (SSSR count). The van der Waals surface area contributed by atoms with Crippen LogP contribution >= 0.6 is 11.3 Å². The van der Waals surface area contributed by atoms with Crippen molar-refractivity contribution in [1.29, 1.82) is 0 Å². The number of thiophene rings is 1. The van der Waals surface area contributed by atoms with Gasteiger partial charge in [0.2, 0.25) is 5.60 Å². The molecular formula is C30H26BO2S+. The largest absolute Gasteiger partial charge is 0.499 e. The van der Waals surface area contributed by atoms with Crippen LogP contribution in [0, 0.1) is 6.92 Å². The van der Waals surface area contributed by atoms with Crippen LogP contribution in [-0.2, 0) is 9.31 Å². The maximum Gasteiger partial charge on any atom is 0.499 e. The van der Waals surface area contributed by atoms with E-state index in [2.05, 4.69) is 97.9 Å². The highest BCUT2D eigenvalue weighted by Crippen LogP contribution is 2.43. The minimum atomic E-state index is -0.619. The summed E-state index contributed by atoms with van der Waals surface area (Å²) in [5, 5.41) is 2.49. The van der Waals surface area contributed by atoms with E-state index in [1.54, 1.807) is 0 Å². The van der Waals surface area contributed by atoms with Crippen LogP contribution in [0.3, 0.4) is 0 Å². The third-order valence-corrected chi connectivity index (χ3v) is 8.42. The fourth-order valence-electron chi connectivity index (χ4n) is 4.66. The van der Waals surface area contributed by atoms with Gasteiger partial charge in [-0.15, -0.1) is 11.3 Å². The second-order valence-electron chi connectivity index (χ2n) is 9.77. The molecule has 0 radical (unpaired) electrons. The predicted molar refractivity (Wildman–Crippen MR) is 146 cm³/mol. The van der Waals surface area contributed by atoms with E-state index in [1.807, 2.05) is 32.1 Å². The van der Waals surface area contributed by atoms with E-state index in [0.29, 0.717) is 0 Å². The number of rotatable bonds is 3. The van der Waals surface area contributed by atoms with Crippen LogP contribution in [0.25, 0.3) is 42.4 Å². The third kappa shape index (κ3) is 3.37. The Kier molecular flexibility index (Phi) is 4.89. The molecule has 1 fully saturated rings. The molecule has 1 unspecified atom stereocenters. The average Bonchev–Trinajstić information content (AvgIpc) is 3.32. The Morgan fingerprint density at radius 2 is 1.35 bits per heavy atom. The second kappa shape index (κ2) is 7.74. The van der Waals surface area contributed by atoms with Crippen LogP contribution in [0.15, 0.2) is 91.0 Å². The lowest BCUT2D eigenvalue weighted by Gasteiger charge is -2.25. The fraction of sp³-hybridized carbons (Fsp3) is 0.167. The zero-order chi connectivity index (χ0) is 23.5. The Bertz CT molecular complexity index is 1490. The van der Waals surface area contributed by atoms with Crippen molar-refractivity contribution in [3.8, 4) is 22.3 Å². The number of hydrogen-bond acceptors (Lipinski definition) is 3. The molecule has 4 aromatic carbocycles. The van der Waals surface area contributed by atoms with Crippen LogP contribution in [-0.4, -0.2) is 18.3 Å². The summed E-state index contributed by atoms with van der Waals surface area (Å²) in [6, 6.07) is 32.3. The molecule has 2 nitrogen and oxygen atoms in total. The highest BCUT2D eigenvalue weighted by molar-refractivity contribution is 7.27. The first-order valence-electron chi connectivity index (χ1n) is 11.7. The zero-order valence-corrected chi connectivity index (χ0v) is 20.5. The van der Waals surface area contributed by atoms with Gasteiger partial charge in [0.1, 0.15) is 5.60 Å². The Morgan fingerprint density at radius 3 is 2.00 bits per heavy atom. The minimum Gasteiger partial charge on any atom is -0.395 e. The molecule has 34 heavy (non-hydrogen) atoms. The Hall–Kier alpha value is -3.05. The van der Waals surface area contributed by atoms with Gasteiger partial charge < -0.3 is 9.31 Å². The summed E-state index contributed by atoms with van der Waals surface area (Å²) in [4.78, 5) is 0. The molecule has 5 aromatic rings. The van der Waals surface area contributed by atoms with Crippen LogP contribution in [0.5, 0.6) is 0 Å². The van der Waals surface area contributed by atoms with Crippen molar-refractivity contribution in [2.45, 2.75) is 32.0 Å². The maximum absolute atomic E-state index is 6.38. The van der Waals surface area contributed by atoms with E-state index in [0.717, 1.165) is 5.46 Å². The quantitative estimate of drug-likeness (QED) is 0.205. The molecule has 1 aliphatic heterocycles. The first-order chi connectivity index (χ1) is 16.3. The highest BCUT2D eigenvalue weighted by Gasteiger charge is 2.57. The van der Waals surface area contributed by atoms with Crippen LogP contribution < -0.4 is 5.46 Å². The Balaban J connectivity index is 1.62. The van der Waals surface area contributed by atoms with E-state index in [-0.39, 0.29) is 0 Å². The van der Waals surface area contributed by atoms with Gasteiger partial charge in [0.05, 0.1) is 6.92 Å². The molecule has 0 aliphatic carbocycles. The molecule has 0 amide bonds. The van der Waals surface area contributed by atoms with Gasteiger partial charge in [-0.3, -0.25) is 0 Å². The molecular weight excluding hydrogens is 435 g/mol. The van der Waals surface area contributed by atoms with Gasteiger partial charge in [0.15, 0.2) is 0 Å². The molecule has 2 heterocycles. The maximum atomic E-state index is 6.38. The standard InChI is InChI=1S/C30H26BO2S/c1-29(2)30(3,4)33-31(32-29)26-17-11-16-23-25-19-22(20-12-7-5-8-13-20)18-24(27(25)34-28(23)26)21-14-9-6-10-15-21/h5-19H,1H2,2-4H3/q+1. The monoisotopic (exact) mass is 461 g/mol. The van der Waals surface area contributed by atoms with Crippen molar-refractivity contribution in [2.24, 2.45) is 0 Å². The van der Waals surface area contributed by atoms with Gasteiger partial charge in [0, 0.05) is 38.1 Å². The molecule has 0 bridgehead atoms. The average molecular weight is 461 g/mol. The second-order valence-corrected chi connectivity index (χ2v) is 10.8. The molecule has 1 aliphatic rings. The smallest absolute Gasteiger partial charge is 0.395 e. The minimum absolute atomic E-state index is 0.442. The summed E-state index contributed by atoms with van der Waals surface area (Å²) in [5.41, 5.74) is 4.88. The first kappa shape index (κ1) is 21.5. The van der Waals surface area contributed by atoms with Crippen molar-refractivity contribution in [1.82, 2.24) is 0 Å². The fourth-order valence-corrected chi connectivity index (χ4v) is 6.00. The van der Waals surface area contributed by atoms with Crippen LogP contribution in [0.1, 0.15) is 20.8 Å². The summed E-state index contributed by atoms with van der Waals surface area (Å²) in [6.07, 6.45) is 0. The topological polar surface area (TPSA) is 18.5 Å². The van der Waals surface area contributed by atoms with E-state index in [1.165, 1.54) is 42.4 Å². The normalized spacial score (nSPS) is 19.8. The summed E-state index contributed by atoms with van der Waals surface area (Å²) in [7, 11) is -0.442. The molecule has 166 valence electrons. The lowest BCUT2D eigenvalue weighted by atomic mass is 9.78. The summed E-state index contributed by atoms with van der Waals surface area (Å²) in [6.45, 7) is 10.4. The van der Waals surface area contributed by atoms with Crippen molar-refractivity contribution in [3.05, 3.63) is 97.9 Å². The van der Waals surface area contributed by atoms with E-state index >= 15 is 0 Å². The van der Waals surface area contributed by atoms with Crippen molar-refractivity contribution in [3.63, 3.8) is 0 Å². The Labute approximate surface area is 205 Å². The van der Waals surface area contributed by atoms with Gasteiger partial charge in [-0.05, 0) is 42.7 Å². The summed E-state index contributed by atoms with van der Waals surface area (Å²) >= 11 is 1.82. The van der Waals surface area contributed by atoms with E-state index < -0.39 is 18.3 Å². The van der Waals surface area contributed by atoms with E-state index in [4.69, 9.17) is 9.31 Å². The van der Waals surface area contributed by atoms with E-state index in [9.17, 15) is 0 Å². The van der Waals surface area contributed by atoms with Gasteiger partial charge >= 0.3 is 7.12 Å². The van der Waals surface area contributed by atoms with Crippen LogP contribution in [0.2, 0.25) is 0 Å². The summed E-state index contributed by atoms with van der Waals surface area (Å²) < 4.78 is 15.2. The number of benzene rings is 4. The lowest BCUT2D eigenvalue weighted by Crippen LogP contribution is -2.42. The third-order valence-electron chi connectivity index (χ3n) is 7.12. The van der Waals surface area contributed by atoms with Gasteiger partial charge in [0.25, 0.3) is 0 Å². The molecule has 4 heteroatoms. The zero-order valence-electron chi connectivity index (χ0n) is 19.7. The van der Waals surface area contributed by atoms with Gasteiger partial charge in [-0.25, -0.2) is 0 Å². The van der Waals surface area contributed by atoms with Gasteiger partial charge in [-0.1, -0.05) is 78.9 Å². The van der Waals surface area contributed by atoms with Gasteiger partial charge in [-0.2, -0.15) is 0 Å². The predicted octanol–water partition coefficient (Wildman–Crippen LogP) is 7.50. The molecule has 1 aromatic heterocycles. The molecule has 1 saturated heterocycles. The molecule has 1 atom stereocenters. The summed E-state index contributed by atoms with van der Waals surface area (Å²) in [5.74, 6) is 0.